The molecule has 0 aromatic rings. The fraction of sp³-hybridized carbons (Fsp3) is 1.00. The summed E-state index contributed by atoms with van der Waals surface area (Å²) in [5.41, 5.74) is 20.9. The van der Waals surface area contributed by atoms with E-state index >= 15 is 0 Å². The Balaban J connectivity index is 4.53. The predicted octanol–water partition coefficient (Wildman–Crippen LogP) is -2.84. The van der Waals surface area contributed by atoms with Crippen LogP contribution < -0.4 is 22.9 Å². The summed E-state index contributed by atoms with van der Waals surface area (Å²) in [4.78, 5) is 19.1. The first-order valence-corrected chi connectivity index (χ1v) is 4.03. The van der Waals surface area contributed by atoms with Crippen LogP contribution in [-0.2, 0) is 0 Å². The van der Waals surface area contributed by atoms with E-state index in [2.05, 4.69) is 0 Å². The minimum absolute atomic E-state index is 0.367. The van der Waals surface area contributed by atoms with Crippen molar-refractivity contribution in [2.75, 3.05) is 6.54 Å². The van der Waals surface area contributed by atoms with Crippen molar-refractivity contribution in [1.82, 2.24) is 0 Å². The van der Waals surface area contributed by atoms with Crippen molar-refractivity contribution in [3.63, 3.8) is 0 Å². The molecule has 0 aliphatic rings. The lowest BCUT2D eigenvalue weighted by atomic mass is 10.0. The van der Waals surface area contributed by atoms with Gasteiger partial charge in [0, 0.05) is 9.85 Å². The zero-order valence-electron chi connectivity index (χ0n) is 7.91. The summed E-state index contributed by atoms with van der Waals surface area (Å²) in [6, 6.07) is -2.79. The lowest BCUT2D eigenvalue weighted by Crippen LogP contribution is -2.73. The molecule has 2 atom stereocenters. The third kappa shape index (κ3) is 4.60. The Kier molecular flexibility index (Phi) is 4.48. The molecule has 10 nitrogen and oxygen atoms in total. The van der Waals surface area contributed by atoms with Crippen LogP contribution in [0.1, 0.15) is 6.42 Å². The van der Waals surface area contributed by atoms with Crippen LogP contribution in [0, 0.1) is 20.2 Å². The van der Waals surface area contributed by atoms with E-state index in [1.807, 2.05) is 0 Å². The Bertz CT molecular complexity index is 250. The predicted molar refractivity (Wildman–Crippen MR) is 50.5 cm³/mol. The molecule has 0 heterocycles. The quantitative estimate of drug-likeness (QED) is 0.209. The van der Waals surface area contributed by atoms with Crippen LogP contribution in [0.4, 0.5) is 0 Å². The van der Waals surface area contributed by atoms with E-state index in [1.54, 1.807) is 0 Å². The van der Waals surface area contributed by atoms with Crippen LogP contribution in [0.3, 0.4) is 0 Å². The van der Waals surface area contributed by atoms with Gasteiger partial charge in [0.05, 0.1) is 6.42 Å². The third-order valence-electron chi connectivity index (χ3n) is 1.87. The highest BCUT2D eigenvalue weighted by Crippen LogP contribution is 2.06. The van der Waals surface area contributed by atoms with Crippen LogP contribution in [0.25, 0.3) is 0 Å². The molecule has 15 heavy (non-hydrogen) atoms. The Labute approximate surface area is 84.9 Å². The lowest BCUT2D eigenvalue weighted by molar-refractivity contribution is -0.545. The van der Waals surface area contributed by atoms with Crippen molar-refractivity contribution in [2.24, 2.45) is 22.9 Å². The molecular formula is C5H14N6O4. The Morgan fingerprint density at radius 1 is 1.20 bits per heavy atom. The highest BCUT2D eigenvalue weighted by Gasteiger charge is 2.39. The highest BCUT2D eigenvalue weighted by atomic mass is 16.6. The molecule has 0 saturated carbocycles. The summed E-state index contributed by atoms with van der Waals surface area (Å²) in [5.74, 6) is -1.94. The van der Waals surface area contributed by atoms with Crippen LogP contribution >= 0.6 is 0 Å². The largest absolute Gasteiger partial charge is 0.318 e. The Morgan fingerprint density at radius 2 is 1.67 bits per heavy atom. The second kappa shape index (κ2) is 4.93. The smallest absolute Gasteiger partial charge is 0.238 e. The Hall–Kier alpha value is -1.36. The van der Waals surface area contributed by atoms with Gasteiger partial charge < -0.3 is 5.73 Å². The monoisotopic (exact) mass is 222 g/mol. The van der Waals surface area contributed by atoms with E-state index in [0.29, 0.717) is 0 Å². The maximum absolute atomic E-state index is 10.5. The minimum Gasteiger partial charge on any atom is -0.318 e. The molecule has 0 radical (unpaired) electrons. The molecule has 0 bridgehead atoms. The fourth-order valence-electron chi connectivity index (χ4n) is 0.987. The van der Waals surface area contributed by atoms with Crippen LogP contribution in [0.5, 0.6) is 0 Å². The first kappa shape index (κ1) is 13.6. The minimum atomic E-state index is -1.94. The van der Waals surface area contributed by atoms with E-state index in [1.165, 1.54) is 0 Å². The molecule has 8 N–H and O–H groups in total. The van der Waals surface area contributed by atoms with Crippen LogP contribution in [-0.4, -0.2) is 34.3 Å². The maximum atomic E-state index is 10.5. The number of nitrogens with zero attached hydrogens (tertiary/aromatic N) is 2. The summed E-state index contributed by atoms with van der Waals surface area (Å²) in [7, 11) is 0. The zero-order chi connectivity index (χ0) is 12.2. The van der Waals surface area contributed by atoms with Crippen LogP contribution in [0.2, 0.25) is 0 Å². The fourth-order valence-corrected chi connectivity index (χ4v) is 0.987. The topological polar surface area (TPSA) is 190 Å². The number of hydrogen-bond acceptors (Lipinski definition) is 8. The normalized spacial score (nSPS) is 15.7. The molecular weight excluding hydrogens is 208 g/mol. The average molecular weight is 222 g/mol. The molecule has 0 aliphatic heterocycles. The number of hydrogen-bond donors (Lipinski definition) is 4. The molecule has 2 unspecified atom stereocenters. The molecule has 10 heteroatoms. The first-order chi connectivity index (χ1) is 6.66. The maximum Gasteiger partial charge on any atom is 0.238 e. The van der Waals surface area contributed by atoms with Gasteiger partial charge in [-0.3, -0.25) is 37.4 Å². The molecule has 0 aliphatic carbocycles. The van der Waals surface area contributed by atoms with Crippen molar-refractivity contribution in [2.45, 2.75) is 24.3 Å². The SMILES string of the molecule is NC(C(CC[N+](=O)[O-])[N+](=O)[O-])C(N)(N)N. The second-order valence-corrected chi connectivity index (χ2v) is 3.22. The van der Waals surface area contributed by atoms with Gasteiger partial charge in [0.15, 0.2) is 0 Å². The average Bonchev–Trinajstić information content (AvgIpc) is 2.01. The van der Waals surface area contributed by atoms with Crippen molar-refractivity contribution in [3.05, 3.63) is 20.2 Å². The summed E-state index contributed by atoms with van der Waals surface area (Å²) in [5, 5.41) is 20.6. The van der Waals surface area contributed by atoms with Gasteiger partial charge >= 0.3 is 0 Å². The van der Waals surface area contributed by atoms with Crippen molar-refractivity contribution in [1.29, 1.82) is 0 Å². The lowest BCUT2D eigenvalue weighted by Gasteiger charge is -2.27. The molecule has 0 rings (SSSR count). The summed E-state index contributed by atoms with van der Waals surface area (Å²) < 4.78 is 0. The highest BCUT2D eigenvalue weighted by molar-refractivity contribution is 4.88. The van der Waals surface area contributed by atoms with Crippen LogP contribution in [0.15, 0.2) is 0 Å². The molecule has 0 saturated heterocycles. The third-order valence-corrected chi connectivity index (χ3v) is 1.87. The van der Waals surface area contributed by atoms with E-state index in [4.69, 9.17) is 22.9 Å². The van der Waals surface area contributed by atoms with Gasteiger partial charge in [0.2, 0.25) is 12.6 Å². The number of nitrogens with two attached hydrogens (primary N) is 4. The standard InChI is InChI=1S/C5H14N6O4/c6-4(5(7,8)9)3(11(14)15)1-2-10(12)13/h3-4H,1-2,6-9H2. The van der Waals surface area contributed by atoms with Gasteiger partial charge in [-0.1, -0.05) is 0 Å². The summed E-state index contributed by atoms with van der Waals surface area (Å²) in [6.45, 7) is -0.588. The number of nitro groups is 2. The molecule has 0 fully saturated rings. The van der Waals surface area contributed by atoms with Gasteiger partial charge in [-0.25, -0.2) is 0 Å². The van der Waals surface area contributed by atoms with Gasteiger partial charge in [0.25, 0.3) is 0 Å². The van der Waals surface area contributed by atoms with Gasteiger partial charge in [0.1, 0.15) is 11.8 Å². The van der Waals surface area contributed by atoms with Gasteiger partial charge in [-0.15, -0.1) is 0 Å². The molecule has 0 spiro atoms. The number of rotatable bonds is 6. The van der Waals surface area contributed by atoms with Crippen molar-refractivity contribution in [3.8, 4) is 0 Å². The van der Waals surface area contributed by atoms with Crippen molar-refractivity contribution < 1.29 is 9.85 Å². The molecule has 0 amide bonds. The van der Waals surface area contributed by atoms with E-state index in [-0.39, 0.29) is 6.42 Å². The summed E-state index contributed by atoms with van der Waals surface area (Å²) >= 11 is 0. The molecule has 0 aromatic heterocycles. The zero-order valence-corrected chi connectivity index (χ0v) is 7.91. The Morgan fingerprint density at radius 3 is 1.93 bits per heavy atom. The van der Waals surface area contributed by atoms with E-state index < -0.39 is 34.3 Å². The first-order valence-electron chi connectivity index (χ1n) is 4.03. The van der Waals surface area contributed by atoms with E-state index in [0.717, 1.165) is 0 Å². The van der Waals surface area contributed by atoms with Crippen molar-refractivity contribution >= 4 is 0 Å². The summed E-state index contributed by atoms with van der Waals surface area (Å²) in [6.07, 6.45) is -0.367. The molecule has 88 valence electrons. The van der Waals surface area contributed by atoms with Gasteiger partial charge in [-0.05, 0) is 0 Å². The second-order valence-electron chi connectivity index (χ2n) is 3.22. The molecule has 0 aromatic carbocycles. The van der Waals surface area contributed by atoms with Gasteiger partial charge in [-0.2, -0.15) is 0 Å². The van der Waals surface area contributed by atoms with E-state index in [9.17, 15) is 20.2 Å².